The fraction of sp³-hybridized carbons (Fsp3) is 0.357. The first-order valence-electron chi connectivity index (χ1n) is 6.07. The molecule has 1 aliphatic carbocycles. The summed E-state index contributed by atoms with van der Waals surface area (Å²) in [4.78, 5) is 12.0. The third-order valence-electron chi connectivity index (χ3n) is 3.89. The Morgan fingerprint density at radius 2 is 2.06 bits per heavy atom. The summed E-state index contributed by atoms with van der Waals surface area (Å²) in [5.41, 5.74) is 1.18. The molecule has 0 unspecified atom stereocenters. The Balaban J connectivity index is 2.08. The van der Waals surface area contributed by atoms with E-state index >= 15 is 0 Å². The highest BCUT2D eigenvalue weighted by Crippen LogP contribution is 2.47. The Morgan fingerprint density at radius 3 is 3.00 bits per heavy atom. The van der Waals surface area contributed by atoms with Crippen LogP contribution in [0.3, 0.4) is 0 Å². The number of benzene rings is 1. The van der Waals surface area contributed by atoms with Crippen molar-refractivity contribution in [1.82, 2.24) is 0 Å². The van der Waals surface area contributed by atoms with Gasteiger partial charge in [0.15, 0.2) is 0 Å². The maximum Gasteiger partial charge on any atom is 0.343 e. The Morgan fingerprint density at radius 1 is 1.18 bits per heavy atom. The molecule has 1 aromatic heterocycles. The summed E-state index contributed by atoms with van der Waals surface area (Å²) in [6.45, 7) is 0. The van der Waals surface area contributed by atoms with E-state index < -0.39 is 0 Å². The Hall–Kier alpha value is -1.77. The highest BCUT2D eigenvalue weighted by molar-refractivity contribution is 5.85. The second-order valence-electron chi connectivity index (χ2n) is 4.82. The van der Waals surface area contributed by atoms with Gasteiger partial charge >= 0.3 is 5.63 Å². The van der Waals surface area contributed by atoms with Gasteiger partial charge in [-0.15, -0.1) is 0 Å². The van der Waals surface area contributed by atoms with Crippen molar-refractivity contribution in [2.75, 3.05) is 0 Å². The molecule has 2 aromatic rings. The lowest BCUT2D eigenvalue weighted by molar-refractivity contribution is 0.227. The molecule has 0 radical (unpaired) electrons. The molecule has 0 bridgehead atoms. The van der Waals surface area contributed by atoms with Crippen LogP contribution in [0.2, 0.25) is 0 Å². The Kier molecular flexibility index (Phi) is 1.71. The highest BCUT2D eigenvalue weighted by Gasteiger charge is 2.41. The van der Waals surface area contributed by atoms with Crippen molar-refractivity contribution in [3.05, 3.63) is 40.2 Å². The standard InChI is InChI=1S/C14H12O3/c15-14-12-8-5-3-7-10(8)16-13(12)9-4-1-2-6-11(9)17-14/h1-2,4,6,8,10H,3,5,7H2/t8-,10+/m1/s1. The summed E-state index contributed by atoms with van der Waals surface area (Å²) in [6.07, 6.45) is 3.42. The van der Waals surface area contributed by atoms with E-state index in [2.05, 4.69) is 0 Å². The highest BCUT2D eigenvalue weighted by atomic mass is 16.5. The average Bonchev–Trinajstić information content (AvgIpc) is 2.88. The zero-order chi connectivity index (χ0) is 11.4. The second kappa shape index (κ2) is 3.13. The van der Waals surface area contributed by atoms with Gasteiger partial charge in [0.1, 0.15) is 17.4 Å². The first-order valence-corrected chi connectivity index (χ1v) is 6.07. The van der Waals surface area contributed by atoms with E-state index in [9.17, 15) is 4.79 Å². The Labute approximate surface area is 98.0 Å². The third kappa shape index (κ3) is 1.14. The van der Waals surface area contributed by atoms with Gasteiger partial charge in [-0.05, 0) is 31.4 Å². The van der Waals surface area contributed by atoms with Crippen molar-refractivity contribution >= 4 is 11.0 Å². The molecule has 1 saturated carbocycles. The van der Waals surface area contributed by atoms with Gasteiger partial charge in [-0.1, -0.05) is 12.1 Å². The van der Waals surface area contributed by atoms with Crippen LogP contribution in [0.15, 0.2) is 33.5 Å². The van der Waals surface area contributed by atoms with Gasteiger partial charge in [0.05, 0.1) is 10.9 Å². The van der Waals surface area contributed by atoms with E-state index in [0.29, 0.717) is 5.58 Å². The molecular weight excluding hydrogens is 216 g/mol. The van der Waals surface area contributed by atoms with E-state index in [1.54, 1.807) is 0 Å². The molecule has 3 heteroatoms. The minimum atomic E-state index is -0.215. The molecule has 2 atom stereocenters. The van der Waals surface area contributed by atoms with Crippen LogP contribution in [0.4, 0.5) is 0 Å². The SMILES string of the molecule is O=c1oc2ccccc2c2c1[C@@H]1CCC[C@@H]1O2. The average molecular weight is 228 g/mol. The van der Waals surface area contributed by atoms with Gasteiger partial charge in [-0.2, -0.15) is 0 Å². The Bertz CT molecular complexity index is 656. The van der Waals surface area contributed by atoms with Gasteiger partial charge in [-0.25, -0.2) is 4.79 Å². The fourth-order valence-electron chi connectivity index (χ4n) is 3.13. The molecule has 86 valence electrons. The van der Waals surface area contributed by atoms with Gasteiger partial charge in [0.2, 0.25) is 0 Å². The van der Waals surface area contributed by atoms with E-state index in [1.165, 1.54) is 0 Å². The van der Waals surface area contributed by atoms with Gasteiger partial charge < -0.3 is 9.15 Å². The van der Waals surface area contributed by atoms with Crippen molar-refractivity contribution in [2.24, 2.45) is 0 Å². The quantitative estimate of drug-likeness (QED) is 0.651. The van der Waals surface area contributed by atoms with Crippen LogP contribution in [-0.4, -0.2) is 6.10 Å². The zero-order valence-electron chi connectivity index (χ0n) is 9.31. The summed E-state index contributed by atoms with van der Waals surface area (Å²) >= 11 is 0. The molecule has 0 N–H and O–H groups in total. The van der Waals surface area contributed by atoms with Gasteiger partial charge in [0.25, 0.3) is 0 Å². The third-order valence-corrected chi connectivity index (χ3v) is 3.89. The molecule has 2 heterocycles. The number of hydrogen-bond donors (Lipinski definition) is 0. The first kappa shape index (κ1) is 9.28. The van der Waals surface area contributed by atoms with Crippen LogP contribution < -0.4 is 10.4 Å². The number of para-hydroxylation sites is 1. The summed E-state index contributed by atoms with van der Waals surface area (Å²) in [6, 6.07) is 7.58. The predicted molar refractivity (Wildman–Crippen MR) is 63.5 cm³/mol. The minimum Gasteiger partial charge on any atom is -0.488 e. The summed E-state index contributed by atoms with van der Waals surface area (Å²) in [5.74, 6) is 1.03. The fourth-order valence-corrected chi connectivity index (χ4v) is 3.13. The number of rotatable bonds is 0. The summed E-state index contributed by atoms with van der Waals surface area (Å²) in [5, 5.41) is 0.927. The first-order chi connectivity index (χ1) is 8.34. The molecule has 1 aromatic carbocycles. The largest absolute Gasteiger partial charge is 0.488 e. The maximum atomic E-state index is 12.0. The van der Waals surface area contributed by atoms with E-state index in [0.717, 1.165) is 36.0 Å². The molecule has 3 nitrogen and oxygen atoms in total. The topological polar surface area (TPSA) is 39.4 Å². The summed E-state index contributed by atoms with van der Waals surface area (Å²) < 4.78 is 11.3. The molecule has 17 heavy (non-hydrogen) atoms. The van der Waals surface area contributed by atoms with Crippen LogP contribution in [-0.2, 0) is 0 Å². The van der Waals surface area contributed by atoms with Crippen LogP contribution in [0.1, 0.15) is 30.7 Å². The number of fused-ring (bicyclic) bond motifs is 5. The molecular formula is C14H12O3. The molecule has 1 fully saturated rings. The van der Waals surface area contributed by atoms with Crippen molar-refractivity contribution in [1.29, 1.82) is 0 Å². The minimum absolute atomic E-state index is 0.193. The van der Waals surface area contributed by atoms with Gasteiger partial charge in [0, 0.05) is 5.92 Å². The van der Waals surface area contributed by atoms with Crippen LogP contribution >= 0.6 is 0 Å². The summed E-state index contributed by atoms with van der Waals surface area (Å²) in [7, 11) is 0. The van der Waals surface area contributed by atoms with E-state index in [4.69, 9.17) is 9.15 Å². The lowest BCUT2D eigenvalue weighted by atomic mass is 9.98. The number of ether oxygens (including phenoxy) is 1. The monoisotopic (exact) mass is 228 g/mol. The smallest absolute Gasteiger partial charge is 0.343 e. The van der Waals surface area contributed by atoms with Crippen LogP contribution in [0, 0.1) is 0 Å². The molecule has 0 spiro atoms. The van der Waals surface area contributed by atoms with Gasteiger partial charge in [-0.3, -0.25) is 0 Å². The second-order valence-corrected chi connectivity index (χ2v) is 4.82. The van der Waals surface area contributed by atoms with Crippen molar-refractivity contribution in [3.63, 3.8) is 0 Å². The molecule has 2 aliphatic rings. The zero-order valence-corrected chi connectivity index (χ0v) is 9.31. The molecule has 0 saturated heterocycles. The molecule has 4 rings (SSSR count). The normalized spacial score (nSPS) is 25.6. The van der Waals surface area contributed by atoms with E-state index in [-0.39, 0.29) is 17.6 Å². The number of hydrogen-bond acceptors (Lipinski definition) is 3. The van der Waals surface area contributed by atoms with Crippen molar-refractivity contribution < 1.29 is 9.15 Å². The van der Waals surface area contributed by atoms with Crippen molar-refractivity contribution in [3.8, 4) is 5.75 Å². The predicted octanol–water partition coefficient (Wildman–Crippen LogP) is 2.82. The van der Waals surface area contributed by atoms with Crippen LogP contribution in [0.25, 0.3) is 11.0 Å². The molecule has 0 amide bonds. The lowest BCUT2D eigenvalue weighted by Gasteiger charge is -2.07. The van der Waals surface area contributed by atoms with E-state index in [1.807, 2.05) is 24.3 Å². The van der Waals surface area contributed by atoms with Crippen LogP contribution in [0.5, 0.6) is 5.75 Å². The van der Waals surface area contributed by atoms with Crippen molar-refractivity contribution in [2.45, 2.75) is 31.3 Å². The maximum absolute atomic E-state index is 12.0. The lowest BCUT2D eigenvalue weighted by Crippen LogP contribution is -2.14. The molecule has 1 aliphatic heterocycles.